The van der Waals surface area contributed by atoms with Gasteiger partial charge in [-0.3, -0.25) is 9.69 Å². The van der Waals surface area contributed by atoms with Gasteiger partial charge in [-0.1, -0.05) is 12.8 Å². The predicted molar refractivity (Wildman–Crippen MR) is 73.5 cm³/mol. The van der Waals surface area contributed by atoms with Crippen LogP contribution in [0.25, 0.3) is 0 Å². The standard InChI is InChI=1S/C14H27N3O/c1-11-8-9-16(3)13(10-15-2)14(18)17(11)12-6-4-5-7-12/h11-13,15H,4-10H2,1-3H3. The highest BCUT2D eigenvalue weighted by Crippen LogP contribution is 2.28. The number of rotatable bonds is 3. The van der Waals surface area contributed by atoms with Crippen molar-refractivity contribution in [1.29, 1.82) is 0 Å². The Bertz CT molecular complexity index is 289. The van der Waals surface area contributed by atoms with E-state index in [0.717, 1.165) is 19.5 Å². The van der Waals surface area contributed by atoms with Crippen LogP contribution in [-0.2, 0) is 4.79 Å². The highest BCUT2D eigenvalue weighted by atomic mass is 16.2. The van der Waals surface area contributed by atoms with Crippen molar-refractivity contribution >= 4 is 5.91 Å². The van der Waals surface area contributed by atoms with E-state index in [2.05, 4.69) is 29.1 Å². The number of nitrogens with zero attached hydrogens (tertiary/aromatic N) is 2. The van der Waals surface area contributed by atoms with Gasteiger partial charge in [0, 0.05) is 25.2 Å². The Balaban J connectivity index is 2.16. The first-order chi connectivity index (χ1) is 8.65. The maximum absolute atomic E-state index is 12.8. The fourth-order valence-corrected chi connectivity index (χ4v) is 3.42. The van der Waals surface area contributed by atoms with Crippen molar-refractivity contribution in [1.82, 2.24) is 15.1 Å². The zero-order valence-electron chi connectivity index (χ0n) is 12.0. The second kappa shape index (κ2) is 6.02. The Kier molecular flexibility index (Phi) is 4.62. The number of hydrogen-bond donors (Lipinski definition) is 1. The minimum absolute atomic E-state index is 0.0144. The fourth-order valence-electron chi connectivity index (χ4n) is 3.42. The normalized spacial score (nSPS) is 31.9. The van der Waals surface area contributed by atoms with Crippen molar-refractivity contribution in [2.75, 3.05) is 27.2 Å². The second-order valence-corrected chi connectivity index (χ2v) is 5.88. The zero-order chi connectivity index (χ0) is 13.1. The first kappa shape index (κ1) is 13.8. The molecular formula is C14H27N3O. The van der Waals surface area contributed by atoms with Crippen LogP contribution >= 0.6 is 0 Å². The maximum Gasteiger partial charge on any atom is 0.241 e. The topological polar surface area (TPSA) is 35.6 Å². The van der Waals surface area contributed by atoms with Gasteiger partial charge in [-0.25, -0.2) is 0 Å². The average Bonchev–Trinajstić information content (AvgIpc) is 2.83. The molecule has 2 unspecified atom stereocenters. The van der Waals surface area contributed by atoms with Gasteiger partial charge < -0.3 is 10.2 Å². The molecule has 2 fully saturated rings. The lowest BCUT2D eigenvalue weighted by Crippen LogP contribution is -2.53. The number of carbonyl (C=O) groups is 1. The lowest BCUT2D eigenvalue weighted by Gasteiger charge is -2.35. The first-order valence-electron chi connectivity index (χ1n) is 7.32. The van der Waals surface area contributed by atoms with Crippen molar-refractivity contribution in [3.05, 3.63) is 0 Å². The van der Waals surface area contributed by atoms with Gasteiger partial charge in [0.1, 0.15) is 6.04 Å². The molecule has 0 aromatic heterocycles. The third-order valence-electron chi connectivity index (χ3n) is 4.56. The number of carbonyl (C=O) groups excluding carboxylic acids is 1. The largest absolute Gasteiger partial charge is 0.336 e. The van der Waals surface area contributed by atoms with E-state index < -0.39 is 0 Å². The van der Waals surface area contributed by atoms with Crippen LogP contribution in [-0.4, -0.2) is 61.0 Å². The first-order valence-corrected chi connectivity index (χ1v) is 7.32. The van der Waals surface area contributed by atoms with E-state index in [0.29, 0.717) is 18.0 Å². The number of likely N-dealkylation sites (N-methyl/N-ethyl adjacent to an activating group) is 2. The molecule has 1 saturated heterocycles. The van der Waals surface area contributed by atoms with E-state index in [1.165, 1.54) is 25.7 Å². The number of hydrogen-bond acceptors (Lipinski definition) is 3. The minimum atomic E-state index is 0.0144. The Morgan fingerprint density at radius 3 is 2.56 bits per heavy atom. The van der Waals surface area contributed by atoms with Crippen LogP contribution in [0.15, 0.2) is 0 Å². The van der Waals surface area contributed by atoms with Crippen LogP contribution in [0.5, 0.6) is 0 Å². The van der Waals surface area contributed by atoms with Crippen molar-refractivity contribution in [3.8, 4) is 0 Å². The molecule has 0 radical (unpaired) electrons. The molecule has 0 bridgehead atoms. The van der Waals surface area contributed by atoms with Crippen molar-refractivity contribution in [3.63, 3.8) is 0 Å². The summed E-state index contributed by atoms with van der Waals surface area (Å²) in [6, 6.07) is 0.906. The second-order valence-electron chi connectivity index (χ2n) is 5.88. The van der Waals surface area contributed by atoms with Crippen LogP contribution in [0.4, 0.5) is 0 Å². The summed E-state index contributed by atoms with van der Waals surface area (Å²) in [7, 11) is 4.00. The molecule has 1 amide bonds. The molecule has 1 aliphatic heterocycles. The van der Waals surface area contributed by atoms with E-state index in [1.807, 2.05) is 7.05 Å². The molecule has 104 valence electrons. The molecule has 1 heterocycles. The molecule has 18 heavy (non-hydrogen) atoms. The molecular weight excluding hydrogens is 226 g/mol. The molecule has 0 spiro atoms. The molecule has 0 aromatic carbocycles. The highest BCUT2D eigenvalue weighted by molar-refractivity contribution is 5.83. The molecule has 2 aliphatic rings. The lowest BCUT2D eigenvalue weighted by molar-refractivity contribution is -0.139. The van der Waals surface area contributed by atoms with Gasteiger partial charge in [0.05, 0.1) is 0 Å². The van der Waals surface area contributed by atoms with E-state index in [1.54, 1.807) is 0 Å². The molecule has 2 rings (SSSR count). The molecule has 1 N–H and O–H groups in total. The smallest absolute Gasteiger partial charge is 0.241 e. The summed E-state index contributed by atoms with van der Waals surface area (Å²) >= 11 is 0. The van der Waals surface area contributed by atoms with Gasteiger partial charge in [0.25, 0.3) is 0 Å². The summed E-state index contributed by atoms with van der Waals surface area (Å²) < 4.78 is 0. The van der Waals surface area contributed by atoms with E-state index in [-0.39, 0.29) is 6.04 Å². The molecule has 2 atom stereocenters. The summed E-state index contributed by atoms with van der Waals surface area (Å²) in [5, 5.41) is 3.16. The Morgan fingerprint density at radius 2 is 1.94 bits per heavy atom. The highest BCUT2D eigenvalue weighted by Gasteiger charge is 2.38. The third-order valence-corrected chi connectivity index (χ3v) is 4.56. The maximum atomic E-state index is 12.8. The van der Waals surface area contributed by atoms with Gasteiger partial charge >= 0.3 is 0 Å². The van der Waals surface area contributed by atoms with Gasteiger partial charge in [0.2, 0.25) is 5.91 Å². The van der Waals surface area contributed by atoms with Crippen LogP contribution < -0.4 is 5.32 Å². The summed E-state index contributed by atoms with van der Waals surface area (Å²) in [6.45, 7) is 3.99. The van der Waals surface area contributed by atoms with Crippen LogP contribution in [0.3, 0.4) is 0 Å². The summed E-state index contributed by atoms with van der Waals surface area (Å²) in [4.78, 5) is 17.2. The van der Waals surface area contributed by atoms with E-state index in [4.69, 9.17) is 0 Å². The lowest BCUT2D eigenvalue weighted by atomic mass is 10.1. The summed E-state index contributed by atoms with van der Waals surface area (Å²) in [5.74, 6) is 0.337. The average molecular weight is 253 g/mol. The van der Waals surface area contributed by atoms with Crippen LogP contribution in [0, 0.1) is 0 Å². The SMILES string of the molecule is CNCC1C(=O)N(C2CCCC2)C(C)CCN1C. The van der Waals surface area contributed by atoms with Gasteiger partial charge in [0.15, 0.2) is 0 Å². The Morgan fingerprint density at radius 1 is 1.28 bits per heavy atom. The number of amides is 1. The van der Waals surface area contributed by atoms with E-state index >= 15 is 0 Å². The number of nitrogens with one attached hydrogen (secondary N) is 1. The summed E-state index contributed by atoms with van der Waals surface area (Å²) in [6.07, 6.45) is 6.07. The fraction of sp³-hybridized carbons (Fsp3) is 0.929. The molecule has 0 aromatic rings. The van der Waals surface area contributed by atoms with Gasteiger partial charge in [-0.15, -0.1) is 0 Å². The summed E-state index contributed by atoms with van der Waals surface area (Å²) in [5.41, 5.74) is 0. The quantitative estimate of drug-likeness (QED) is 0.817. The molecule has 4 nitrogen and oxygen atoms in total. The minimum Gasteiger partial charge on any atom is -0.336 e. The van der Waals surface area contributed by atoms with Crippen LogP contribution in [0.1, 0.15) is 39.0 Å². The third kappa shape index (κ3) is 2.69. The van der Waals surface area contributed by atoms with Crippen molar-refractivity contribution < 1.29 is 4.79 Å². The Hall–Kier alpha value is -0.610. The van der Waals surface area contributed by atoms with Gasteiger partial charge in [-0.2, -0.15) is 0 Å². The Labute approximate surface area is 111 Å². The molecule has 4 heteroatoms. The van der Waals surface area contributed by atoms with Crippen LogP contribution in [0.2, 0.25) is 0 Å². The van der Waals surface area contributed by atoms with E-state index in [9.17, 15) is 4.79 Å². The van der Waals surface area contributed by atoms with Gasteiger partial charge in [-0.05, 0) is 40.3 Å². The zero-order valence-corrected chi connectivity index (χ0v) is 12.0. The predicted octanol–water partition coefficient (Wildman–Crippen LogP) is 1.07. The van der Waals surface area contributed by atoms with Crippen molar-refractivity contribution in [2.24, 2.45) is 0 Å². The monoisotopic (exact) mass is 253 g/mol. The molecule has 1 saturated carbocycles. The van der Waals surface area contributed by atoms with Crippen molar-refractivity contribution in [2.45, 2.75) is 57.2 Å². The molecule has 1 aliphatic carbocycles.